The first-order valence-electron chi connectivity index (χ1n) is 11.4. The van der Waals surface area contributed by atoms with E-state index in [-0.39, 0.29) is 29.1 Å². The topological polar surface area (TPSA) is 78.1 Å². The third kappa shape index (κ3) is 8.33. The third-order valence-electron chi connectivity index (χ3n) is 5.40. The van der Waals surface area contributed by atoms with Crippen molar-refractivity contribution in [1.82, 2.24) is 15.1 Å². The Hall–Kier alpha value is -3.13. The van der Waals surface area contributed by atoms with Gasteiger partial charge in [0.2, 0.25) is 11.8 Å². The summed E-state index contributed by atoms with van der Waals surface area (Å²) in [5.41, 5.74) is 4.60. The summed E-state index contributed by atoms with van der Waals surface area (Å²) in [6, 6.07) is 15.9. The number of hydrogen-bond donors (Lipinski definition) is 2. The molecule has 2 N–H and O–H groups in total. The van der Waals surface area contributed by atoms with Gasteiger partial charge >= 0.3 is 0 Å². The summed E-state index contributed by atoms with van der Waals surface area (Å²) in [6.07, 6.45) is 3.77. The summed E-state index contributed by atoms with van der Waals surface area (Å²) >= 11 is 1.33. The van der Waals surface area contributed by atoms with E-state index in [1.165, 1.54) is 23.9 Å². The van der Waals surface area contributed by atoms with Crippen molar-refractivity contribution >= 4 is 29.3 Å². The summed E-state index contributed by atoms with van der Waals surface area (Å²) in [7, 11) is 1.81. The minimum absolute atomic E-state index is 0.0332. The van der Waals surface area contributed by atoms with Crippen LogP contribution in [0.1, 0.15) is 30.5 Å². The molecule has 0 atom stereocenters. The van der Waals surface area contributed by atoms with Gasteiger partial charge in [0.05, 0.1) is 17.2 Å². The van der Waals surface area contributed by atoms with Gasteiger partial charge in [-0.25, -0.2) is 4.39 Å². The number of H-pyrrole nitrogens is 1. The lowest BCUT2D eigenvalue weighted by atomic mass is 10.1. The summed E-state index contributed by atoms with van der Waals surface area (Å²) in [5, 5.41) is 10.2. The van der Waals surface area contributed by atoms with Crippen molar-refractivity contribution < 1.29 is 14.0 Å². The second-order valence-electron chi connectivity index (χ2n) is 8.32. The molecule has 2 amide bonds. The Morgan fingerprint density at radius 3 is 2.62 bits per heavy atom. The first-order valence-corrected chi connectivity index (χ1v) is 12.5. The van der Waals surface area contributed by atoms with Crippen LogP contribution in [0.4, 0.5) is 10.1 Å². The zero-order valence-electron chi connectivity index (χ0n) is 19.6. The Bertz CT molecular complexity index is 1080. The standard InChI is InChI=1S/C26H31FN4O2S/c1-19-7-6-9-22(15-19)28-25(32)17-34-18-26(33)31(2)14-5-3-4-8-23-16-24(30-29-23)20-10-12-21(27)13-11-20/h6-7,9-13,15-16H,3-5,8,14,17-18H2,1-2H3,(H,28,32)(H,29,30). The van der Waals surface area contributed by atoms with Crippen LogP contribution in [-0.4, -0.2) is 52.0 Å². The molecule has 0 bridgehead atoms. The highest BCUT2D eigenvalue weighted by Gasteiger charge is 2.11. The van der Waals surface area contributed by atoms with E-state index in [2.05, 4.69) is 15.5 Å². The number of aryl methyl sites for hydroxylation is 2. The molecule has 6 nitrogen and oxygen atoms in total. The molecule has 180 valence electrons. The highest BCUT2D eigenvalue weighted by atomic mass is 32.2. The van der Waals surface area contributed by atoms with Gasteiger partial charge in [0.15, 0.2) is 0 Å². The second kappa shape index (κ2) is 12.9. The third-order valence-corrected chi connectivity index (χ3v) is 6.31. The van der Waals surface area contributed by atoms with E-state index in [0.717, 1.165) is 53.9 Å². The number of anilines is 1. The Balaban J connectivity index is 1.27. The molecule has 2 aromatic carbocycles. The maximum Gasteiger partial charge on any atom is 0.234 e. The van der Waals surface area contributed by atoms with Gasteiger partial charge < -0.3 is 10.2 Å². The molecule has 1 heterocycles. The summed E-state index contributed by atoms with van der Waals surface area (Å²) in [4.78, 5) is 26.1. The number of carbonyl (C=O) groups is 2. The maximum atomic E-state index is 13.1. The molecule has 0 spiro atoms. The molecule has 3 aromatic rings. The van der Waals surface area contributed by atoms with Gasteiger partial charge in [-0.2, -0.15) is 5.10 Å². The monoisotopic (exact) mass is 482 g/mol. The summed E-state index contributed by atoms with van der Waals surface area (Å²) in [5.74, 6) is 0.207. The molecule has 0 radical (unpaired) electrons. The number of carbonyl (C=O) groups excluding carboxylic acids is 2. The van der Waals surface area contributed by atoms with E-state index in [0.29, 0.717) is 6.54 Å². The molecule has 1 aromatic heterocycles. The van der Waals surface area contributed by atoms with Gasteiger partial charge in [-0.05, 0) is 74.2 Å². The fourth-order valence-corrected chi connectivity index (χ4v) is 4.24. The largest absolute Gasteiger partial charge is 0.345 e. The van der Waals surface area contributed by atoms with Crippen molar-refractivity contribution in [1.29, 1.82) is 0 Å². The number of aromatic nitrogens is 2. The number of rotatable bonds is 12. The molecule has 8 heteroatoms. The molecular formula is C26H31FN4O2S. The van der Waals surface area contributed by atoms with Crippen molar-refractivity contribution in [3.8, 4) is 11.3 Å². The van der Waals surface area contributed by atoms with E-state index in [9.17, 15) is 14.0 Å². The summed E-state index contributed by atoms with van der Waals surface area (Å²) in [6.45, 7) is 2.67. The fraction of sp³-hybridized carbons (Fsp3) is 0.346. The first-order chi connectivity index (χ1) is 16.4. The molecule has 0 fully saturated rings. The van der Waals surface area contributed by atoms with E-state index >= 15 is 0 Å². The van der Waals surface area contributed by atoms with Crippen molar-refractivity contribution in [2.45, 2.75) is 32.6 Å². The van der Waals surface area contributed by atoms with Crippen LogP contribution < -0.4 is 5.32 Å². The average molecular weight is 483 g/mol. The lowest BCUT2D eigenvalue weighted by molar-refractivity contribution is -0.127. The molecule has 3 rings (SSSR count). The van der Waals surface area contributed by atoms with Gasteiger partial charge in [-0.3, -0.25) is 14.7 Å². The van der Waals surface area contributed by atoms with E-state index < -0.39 is 0 Å². The number of amides is 2. The fourth-order valence-electron chi connectivity index (χ4n) is 3.49. The number of halogens is 1. The van der Waals surface area contributed by atoms with E-state index in [1.54, 1.807) is 24.1 Å². The molecule has 0 saturated heterocycles. The van der Waals surface area contributed by atoms with E-state index in [4.69, 9.17) is 0 Å². The van der Waals surface area contributed by atoms with Gasteiger partial charge in [0.25, 0.3) is 0 Å². The minimum Gasteiger partial charge on any atom is -0.345 e. The molecule has 0 aliphatic heterocycles. The van der Waals surface area contributed by atoms with E-state index in [1.807, 2.05) is 37.3 Å². The van der Waals surface area contributed by atoms with Gasteiger partial charge in [0.1, 0.15) is 5.82 Å². The van der Waals surface area contributed by atoms with Gasteiger partial charge in [0, 0.05) is 30.5 Å². The highest BCUT2D eigenvalue weighted by Crippen LogP contribution is 2.19. The number of benzene rings is 2. The smallest absolute Gasteiger partial charge is 0.234 e. The SMILES string of the molecule is Cc1cccc(NC(=O)CSCC(=O)N(C)CCCCCc2cc(-c3ccc(F)cc3)n[nH]2)c1. The van der Waals surface area contributed by atoms with Gasteiger partial charge in [-0.15, -0.1) is 11.8 Å². The number of thioether (sulfide) groups is 1. The second-order valence-corrected chi connectivity index (χ2v) is 9.31. The molecule has 0 aliphatic rings. The number of nitrogens with one attached hydrogen (secondary N) is 2. The molecule has 0 aliphatic carbocycles. The molecular weight excluding hydrogens is 451 g/mol. The highest BCUT2D eigenvalue weighted by molar-refractivity contribution is 8.00. The Morgan fingerprint density at radius 1 is 1.06 bits per heavy atom. The van der Waals surface area contributed by atoms with Crippen LogP contribution in [0.25, 0.3) is 11.3 Å². The van der Waals surface area contributed by atoms with Crippen molar-refractivity contribution in [2.24, 2.45) is 0 Å². The number of aromatic amines is 1. The normalized spacial score (nSPS) is 10.8. The van der Waals surface area contributed by atoms with Crippen molar-refractivity contribution in [2.75, 3.05) is 30.4 Å². The van der Waals surface area contributed by atoms with Crippen LogP contribution >= 0.6 is 11.8 Å². The average Bonchev–Trinajstić information content (AvgIpc) is 3.28. The summed E-state index contributed by atoms with van der Waals surface area (Å²) < 4.78 is 13.1. The van der Waals surface area contributed by atoms with Crippen LogP contribution in [0.2, 0.25) is 0 Å². The number of hydrogen-bond acceptors (Lipinski definition) is 4. The first kappa shape index (κ1) is 25.5. The van der Waals surface area contributed by atoms with Crippen LogP contribution in [0, 0.1) is 12.7 Å². The number of nitrogens with zero attached hydrogens (tertiary/aromatic N) is 2. The van der Waals surface area contributed by atoms with Crippen LogP contribution in [0.5, 0.6) is 0 Å². The van der Waals surface area contributed by atoms with Crippen LogP contribution in [0.15, 0.2) is 54.6 Å². The van der Waals surface area contributed by atoms with Crippen molar-refractivity contribution in [3.05, 3.63) is 71.7 Å². The zero-order chi connectivity index (χ0) is 24.3. The quantitative estimate of drug-likeness (QED) is 0.354. The Labute approximate surface area is 204 Å². The molecule has 0 saturated carbocycles. The van der Waals surface area contributed by atoms with Crippen LogP contribution in [-0.2, 0) is 16.0 Å². The molecule has 34 heavy (non-hydrogen) atoms. The molecule has 0 unspecified atom stereocenters. The number of unbranched alkanes of at least 4 members (excludes halogenated alkanes) is 2. The van der Waals surface area contributed by atoms with Crippen molar-refractivity contribution in [3.63, 3.8) is 0 Å². The lowest BCUT2D eigenvalue weighted by Crippen LogP contribution is -2.29. The Morgan fingerprint density at radius 2 is 1.85 bits per heavy atom. The Kier molecular flexibility index (Phi) is 9.70. The zero-order valence-corrected chi connectivity index (χ0v) is 20.5. The minimum atomic E-state index is -0.259. The maximum absolute atomic E-state index is 13.1. The van der Waals surface area contributed by atoms with Crippen LogP contribution in [0.3, 0.4) is 0 Å². The predicted molar refractivity (Wildman–Crippen MR) is 136 cm³/mol. The van der Waals surface area contributed by atoms with Gasteiger partial charge in [-0.1, -0.05) is 18.6 Å². The predicted octanol–water partition coefficient (Wildman–Crippen LogP) is 5.07. The lowest BCUT2D eigenvalue weighted by Gasteiger charge is -2.16.